The smallest absolute Gasteiger partial charge is 0.235 e. The van der Waals surface area contributed by atoms with E-state index < -0.39 is 0 Å². The number of methoxy groups -OCH3 is 3. The van der Waals surface area contributed by atoms with Gasteiger partial charge in [0.2, 0.25) is 16.6 Å². The maximum atomic E-state index is 11.1. The number of nitrogens with zero attached hydrogens (tertiary/aromatic N) is 3. The van der Waals surface area contributed by atoms with Crippen LogP contribution in [0.1, 0.15) is 34.9 Å². The second kappa shape index (κ2) is 10.1. The van der Waals surface area contributed by atoms with Gasteiger partial charge in [-0.1, -0.05) is 41.7 Å². The summed E-state index contributed by atoms with van der Waals surface area (Å²) in [6.45, 7) is 1.98. The van der Waals surface area contributed by atoms with Gasteiger partial charge in [0.25, 0.3) is 0 Å². The van der Waals surface area contributed by atoms with E-state index in [9.17, 15) is 5.11 Å². The summed E-state index contributed by atoms with van der Waals surface area (Å²) in [6, 6.07) is 14.6. The highest BCUT2D eigenvalue weighted by atomic mass is 32.1. The molecule has 0 amide bonds. The van der Waals surface area contributed by atoms with Gasteiger partial charge in [0, 0.05) is 5.56 Å². The van der Waals surface area contributed by atoms with Crippen molar-refractivity contribution in [2.24, 2.45) is 5.92 Å². The molecule has 1 aliphatic rings. The van der Waals surface area contributed by atoms with E-state index in [1.54, 1.807) is 21.3 Å². The van der Waals surface area contributed by atoms with Crippen molar-refractivity contribution in [2.45, 2.75) is 25.3 Å². The van der Waals surface area contributed by atoms with Gasteiger partial charge in [-0.15, -0.1) is 0 Å². The van der Waals surface area contributed by atoms with Crippen LogP contribution in [0.25, 0.3) is 4.96 Å². The summed E-state index contributed by atoms with van der Waals surface area (Å²) in [5.41, 5.74) is 2.39. The van der Waals surface area contributed by atoms with Gasteiger partial charge in [-0.2, -0.15) is 9.61 Å². The van der Waals surface area contributed by atoms with Crippen LogP contribution in [0.3, 0.4) is 0 Å². The molecule has 1 atom stereocenters. The molecule has 1 saturated heterocycles. The SMILES string of the molecule is COc1cc([C@@H](c2sc3ncnn3c2O)[NH+]2CCC(Cc3ccccc3)CC2)cc(OC)c1OC. The maximum Gasteiger partial charge on any atom is 0.235 e. The topological polar surface area (TPSA) is 82.6 Å². The van der Waals surface area contributed by atoms with Gasteiger partial charge in [-0.3, -0.25) is 0 Å². The molecule has 0 unspecified atom stereocenters. The van der Waals surface area contributed by atoms with Crippen LogP contribution in [0.15, 0.2) is 48.8 Å². The van der Waals surface area contributed by atoms with E-state index in [1.807, 2.05) is 12.1 Å². The van der Waals surface area contributed by atoms with Crippen molar-refractivity contribution in [3.05, 3.63) is 64.8 Å². The van der Waals surface area contributed by atoms with Gasteiger partial charge in [0.1, 0.15) is 11.2 Å². The molecule has 2 N–H and O–H groups in total. The molecule has 1 fully saturated rings. The van der Waals surface area contributed by atoms with Gasteiger partial charge >= 0.3 is 0 Å². The molecular weight excluding hydrogens is 464 g/mol. The van der Waals surface area contributed by atoms with Crippen LogP contribution in [0, 0.1) is 5.92 Å². The van der Waals surface area contributed by atoms with Crippen molar-refractivity contribution < 1.29 is 24.2 Å². The summed E-state index contributed by atoms with van der Waals surface area (Å²) in [5, 5.41) is 15.3. The van der Waals surface area contributed by atoms with Crippen molar-refractivity contribution in [3.8, 4) is 23.1 Å². The Labute approximate surface area is 208 Å². The minimum atomic E-state index is -0.116. The number of quaternary nitrogens is 1. The Morgan fingerprint density at radius 2 is 1.74 bits per heavy atom. The summed E-state index contributed by atoms with van der Waals surface area (Å²) in [5.74, 6) is 2.55. The van der Waals surface area contributed by atoms with Crippen molar-refractivity contribution in [1.82, 2.24) is 14.6 Å². The summed E-state index contributed by atoms with van der Waals surface area (Å²) >= 11 is 1.47. The van der Waals surface area contributed by atoms with E-state index in [1.165, 1.54) is 32.6 Å². The number of piperidine rings is 1. The van der Waals surface area contributed by atoms with Crippen molar-refractivity contribution in [1.29, 1.82) is 0 Å². The predicted octanol–water partition coefficient (Wildman–Crippen LogP) is 3.15. The molecule has 184 valence electrons. The third kappa shape index (κ3) is 4.53. The Bertz CT molecular complexity index is 1260. The first-order valence-corrected chi connectivity index (χ1v) is 12.6. The second-order valence-corrected chi connectivity index (χ2v) is 9.94. The van der Waals surface area contributed by atoms with E-state index in [0.29, 0.717) is 28.1 Å². The van der Waals surface area contributed by atoms with Crippen LogP contribution in [0.5, 0.6) is 23.1 Å². The van der Waals surface area contributed by atoms with Crippen LogP contribution in [-0.4, -0.2) is 54.1 Å². The molecule has 8 nitrogen and oxygen atoms in total. The Hall–Kier alpha value is -3.30. The molecule has 1 aliphatic heterocycles. The van der Waals surface area contributed by atoms with Crippen LogP contribution in [0.4, 0.5) is 0 Å². The molecule has 2 aromatic carbocycles. The molecule has 35 heavy (non-hydrogen) atoms. The fourth-order valence-corrected chi connectivity index (χ4v) is 6.33. The fraction of sp³-hybridized carbons (Fsp3) is 0.385. The quantitative estimate of drug-likeness (QED) is 0.391. The third-order valence-corrected chi connectivity index (χ3v) is 8.04. The van der Waals surface area contributed by atoms with Crippen LogP contribution < -0.4 is 19.1 Å². The molecular formula is C26H31N4O4S+. The lowest BCUT2D eigenvalue weighted by atomic mass is 9.88. The van der Waals surface area contributed by atoms with E-state index in [4.69, 9.17) is 14.2 Å². The number of nitrogens with one attached hydrogen (secondary N) is 1. The fourth-order valence-electron chi connectivity index (χ4n) is 5.21. The molecule has 4 aromatic rings. The number of benzene rings is 2. The zero-order valence-corrected chi connectivity index (χ0v) is 21.0. The normalized spacial score (nSPS) is 18.9. The molecule has 0 aliphatic carbocycles. The highest BCUT2D eigenvalue weighted by molar-refractivity contribution is 7.17. The van der Waals surface area contributed by atoms with Crippen LogP contribution in [0.2, 0.25) is 0 Å². The Morgan fingerprint density at radius 3 is 2.34 bits per heavy atom. The molecule has 5 rings (SSSR count). The predicted molar refractivity (Wildman–Crippen MR) is 134 cm³/mol. The van der Waals surface area contributed by atoms with Crippen molar-refractivity contribution in [3.63, 3.8) is 0 Å². The number of ether oxygens (including phenoxy) is 3. The van der Waals surface area contributed by atoms with E-state index >= 15 is 0 Å². The monoisotopic (exact) mass is 495 g/mol. The maximum absolute atomic E-state index is 11.1. The first kappa shape index (κ1) is 23.4. The number of fused-ring (bicyclic) bond motifs is 1. The summed E-state index contributed by atoms with van der Waals surface area (Å²) in [6.07, 6.45) is 4.80. The van der Waals surface area contributed by atoms with E-state index in [-0.39, 0.29) is 11.9 Å². The largest absolute Gasteiger partial charge is 0.493 e. The van der Waals surface area contributed by atoms with Crippen molar-refractivity contribution >= 4 is 16.3 Å². The Morgan fingerprint density at radius 1 is 1.06 bits per heavy atom. The average Bonchev–Trinajstić information content (AvgIpc) is 3.48. The minimum Gasteiger partial charge on any atom is -0.493 e. The summed E-state index contributed by atoms with van der Waals surface area (Å²) in [7, 11) is 4.85. The van der Waals surface area contributed by atoms with Gasteiger partial charge in [0.15, 0.2) is 17.5 Å². The summed E-state index contributed by atoms with van der Waals surface area (Å²) in [4.78, 5) is 7.21. The number of rotatable bonds is 8. The highest BCUT2D eigenvalue weighted by Gasteiger charge is 2.36. The lowest BCUT2D eigenvalue weighted by Crippen LogP contribution is -3.13. The number of likely N-dealkylation sites (tertiary alicyclic amines) is 1. The molecule has 0 bridgehead atoms. The first-order chi connectivity index (χ1) is 17.1. The third-order valence-electron chi connectivity index (χ3n) is 6.94. The number of thiazole rings is 1. The minimum absolute atomic E-state index is 0.116. The lowest BCUT2D eigenvalue weighted by molar-refractivity contribution is -0.931. The van der Waals surface area contributed by atoms with Gasteiger partial charge in [-0.25, -0.2) is 4.98 Å². The zero-order chi connectivity index (χ0) is 24.4. The highest BCUT2D eigenvalue weighted by Crippen LogP contribution is 2.42. The Kier molecular flexibility index (Phi) is 6.79. The first-order valence-electron chi connectivity index (χ1n) is 11.8. The number of aromatic hydroxyl groups is 1. The van der Waals surface area contributed by atoms with E-state index in [0.717, 1.165) is 42.8 Å². The van der Waals surface area contributed by atoms with Crippen molar-refractivity contribution in [2.75, 3.05) is 34.4 Å². The van der Waals surface area contributed by atoms with Gasteiger partial charge < -0.3 is 24.2 Å². The number of aromatic nitrogens is 3. The van der Waals surface area contributed by atoms with Gasteiger partial charge in [0.05, 0.1) is 34.4 Å². The zero-order valence-electron chi connectivity index (χ0n) is 20.2. The van der Waals surface area contributed by atoms with Crippen LogP contribution in [-0.2, 0) is 6.42 Å². The molecule has 2 aromatic heterocycles. The molecule has 0 saturated carbocycles. The Balaban J connectivity index is 1.49. The number of hydrogen-bond acceptors (Lipinski definition) is 7. The molecule has 0 radical (unpaired) electrons. The standard InChI is InChI=1S/C26H30N4O4S/c1-32-20-14-19(15-21(33-2)23(20)34-3)22(24-25(31)30-26(35-24)27-16-28-30)29-11-9-18(10-12-29)13-17-7-5-4-6-8-17/h4-8,14-16,18,22,31H,9-13H2,1-3H3/p+1/t22-/m0/s1. The van der Waals surface area contributed by atoms with Gasteiger partial charge in [-0.05, 0) is 42.9 Å². The second-order valence-electron chi connectivity index (χ2n) is 8.93. The summed E-state index contributed by atoms with van der Waals surface area (Å²) < 4.78 is 18.3. The molecule has 3 heterocycles. The molecule has 0 spiro atoms. The average molecular weight is 496 g/mol. The van der Waals surface area contributed by atoms with E-state index in [2.05, 4.69) is 40.4 Å². The van der Waals surface area contributed by atoms with Crippen LogP contribution >= 0.6 is 11.3 Å². The molecule has 9 heteroatoms. The lowest BCUT2D eigenvalue weighted by Gasteiger charge is -2.35. The number of hydrogen-bond donors (Lipinski definition) is 2.